The van der Waals surface area contributed by atoms with Crippen molar-refractivity contribution in [3.63, 3.8) is 0 Å². The zero-order valence-electron chi connectivity index (χ0n) is 16.8. The maximum Gasteiger partial charge on any atom is 0.220 e. The van der Waals surface area contributed by atoms with Crippen LogP contribution in [-0.4, -0.2) is 41.1 Å². The fraction of sp³-hybridized carbons (Fsp3) is 0.773. The summed E-state index contributed by atoms with van der Waals surface area (Å²) in [6.07, 6.45) is 10.6. The third-order valence-electron chi connectivity index (χ3n) is 6.49. The molecule has 1 N–H and O–H groups in total. The van der Waals surface area contributed by atoms with Crippen molar-refractivity contribution in [2.75, 3.05) is 19.6 Å². The van der Waals surface area contributed by atoms with Gasteiger partial charge in [-0.1, -0.05) is 12.8 Å². The largest absolute Gasteiger partial charge is 0.356 e. The van der Waals surface area contributed by atoms with Gasteiger partial charge >= 0.3 is 0 Å². The Kier molecular flexibility index (Phi) is 7.18. The fourth-order valence-electron chi connectivity index (χ4n) is 4.93. The van der Waals surface area contributed by atoms with E-state index in [1.165, 1.54) is 56.6 Å². The predicted molar refractivity (Wildman–Crippen MR) is 107 cm³/mol. The molecule has 4 heteroatoms. The molecule has 2 atom stereocenters. The van der Waals surface area contributed by atoms with Crippen LogP contribution in [0.1, 0.15) is 69.2 Å². The number of amides is 1. The molecule has 2 fully saturated rings. The molecule has 1 aromatic rings. The van der Waals surface area contributed by atoms with Crippen LogP contribution in [0.15, 0.2) is 12.1 Å². The number of fused-ring (bicyclic) bond motifs is 1. The molecular formula is C22H37N3O. The Morgan fingerprint density at radius 1 is 1.04 bits per heavy atom. The van der Waals surface area contributed by atoms with E-state index < -0.39 is 0 Å². The summed E-state index contributed by atoms with van der Waals surface area (Å²) in [6.45, 7) is 8.84. The van der Waals surface area contributed by atoms with E-state index in [0.29, 0.717) is 12.3 Å². The highest BCUT2D eigenvalue weighted by molar-refractivity contribution is 5.75. The number of carbonyl (C=O) groups is 1. The van der Waals surface area contributed by atoms with Gasteiger partial charge in [0.2, 0.25) is 5.91 Å². The summed E-state index contributed by atoms with van der Waals surface area (Å²) in [5.74, 6) is 0.930. The molecule has 0 aromatic carbocycles. The Hall–Kier alpha value is -1.29. The Bertz CT molecular complexity index is 558. The number of carbonyl (C=O) groups excluding carboxylic acids is 1. The number of nitrogens with one attached hydrogen (secondary N) is 1. The average molecular weight is 360 g/mol. The third kappa shape index (κ3) is 5.12. The van der Waals surface area contributed by atoms with Crippen molar-refractivity contribution < 1.29 is 4.79 Å². The number of hydrogen-bond donors (Lipinski definition) is 1. The molecule has 3 rings (SSSR count). The van der Waals surface area contributed by atoms with Crippen molar-refractivity contribution in [2.24, 2.45) is 5.92 Å². The first kappa shape index (κ1) is 19.5. The number of aromatic nitrogens is 1. The number of aryl methyl sites for hydroxylation is 2. The van der Waals surface area contributed by atoms with Gasteiger partial charge in [0, 0.05) is 36.9 Å². The smallest absolute Gasteiger partial charge is 0.220 e. The molecule has 0 saturated carbocycles. The number of unbranched alkanes of at least 4 members (excludes halogenated alkanes) is 2. The van der Waals surface area contributed by atoms with Crippen LogP contribution in [0.5, 0.6) is 0 Å². The molecule has 3 heterocycles. The Labute approximate surface area is 159 Å². The second-order valence-corrected chi connectivity index (χ2v) is 8.38. The lowest BCUT2D eigenvalue weighted by atomic mass is 9.83. The standard InChI is InChI=1S/C22H37N3O/c1-18-12-13-19(2)25(18)16-6-3-4-11-22(26)23-17-20-9-8-15-24-14-7-5-10-21(20)24/h12-13,20-21H,3-11,14-17H2,1-2H3,(H,23,26)/t20-,21+/m0/s1. The minimum Gasteiger partial charge on any atom is -0.356 e. The lowest BCUT2D eigenvalue weighted by Crippen LogP contribution is -2.50. The van der Waals surface area contributed by atoms with Crippen molar-refractivity contribution in [1.29, 1.82) is 0 Å². The van der Waals surface area contributed by atoms with Gasteiger partial charge in [0.25, 0.3) is 0 Å². The first-order valence-electron chi connectivity index (χ1n) is 10.8. The van der Waals surface area contributed by atoms with E-state index in [9.17, 15) is 4.79 Å². The van der Waals surface area contributed by atoms with E-state index in [-0.39, 0.29) is 5.91 Å². The molecule has 2 saturated heterocycles. The van der Waals surface area contributed by atoms with Crippen molar-refractivity contribution in [2.45, 2.75) is 84.2 Å². The van der Waals surface area contributed by atoms with Crippen LogP contribution in [0.3, 0.4) is 0 Å². The number of rotatable bonds is 8. The first-order valence-corrected chi connectivity index (χ1v) is 10.8. The van der Waals surface area contributed by atoms with E-state index in [4.69, 9.17) is 0 Å². The first-order chi connectivity index (χ1) is 12.6. The predicted octanol–water partition coefficient (Wildman–Crippen LogP) is 4.05. The minimum absolute atomic E-state index is 0.256. The number of hydrogen-bond acceptors (Lipinski definition) is 2. The van der Waals surface area contributed by atoms with Crippen molar-refractivity contribution in [3.05, 3.63) is 23.5 Å². The monoisotopic (exact) mass is 359 g/mol. The Balaban J connectivity index is 1.29. The second-order valence-electron chi connectivity index (χ2n) is 8.38. The Morgan fingerprint density at radius 3 is 2.62 bits per heavy atom. The summed E-state index contributed by atoms with van der Waals surface area (Å²) < 4.78 is 2.37. The van der Waals surface area contributed by atoms with E-state index in [1.807, 2.05) is 0 Å². The van der Waals surface area contributed by atoms with E-state index in [2.05, 4.69) is 40.8 Å². The summed E-state index contributed by atoms with van der Waals surface area (Å²) >= 11 is 0. The highest BCUT2D eigenvalue weighted by Gasteiger charge is 2.32. The van der Waals surface area contributed by atoms with Gasteiger partial charge in [-0.3, -0.25) is 4.79 Å². The molecule has 146 valence electrons. The highest BCUT2D eigenvalue weighted by Crippen LogP contribution is 2.30. The van der Waals surface area contributed by atoms with Crippen LogP contribution >= 0.6 is 0 Å². The third-order valence-corrected chi connectivity index (χ3v) is 6.49. The summed E-state index contributed by atoms with van der Waals surface area (Å²) in [5.41, 5.74) is 2.67. The topological polar surface area (TPSA) is 37.3 Å². The lowest BCUT2D eigenvalue weighted by Gasteiger charge is -2.44. The summed E-state index contributed by atoms with van der Waals surface area (Å²) in [5, 5.41) is 3.24. The molecule has 0 bridgehead atoms. The molecule has 2 aliphatic heterocycles. The fourth-order valence-corrected chi connectivity index (χ4v) is 4.93. The molecule has 0 spiro atoms. The van der Waals surface area contributed by atoms with Gasteiger partial charge in [0.15, 0.2) is 0 Å². The highest BCUT2D eigenvalue weighted by atomic mass is 16.1. The SMILES string of the molecule is Cc1ccc(C)n1CCCCCC(=O)NC[C@@H]1CCCN2CCCC[C@H]12. The molecule has 2 aliphatic rings. The Morgan fingerprint density at radius 2 is 1.81 bits per heavy atom. The van der Waals surface area contributed by atoms with Crippen molar-refractivity contribution in [3.8, 4) is 0 Å². The average Bonchev–Trinajstić information content (AvgIpc) is 2.98. The van der Waals surface area contributed by atoms with Crippen LogP contribution in [0.4, 0.5) is 0 Å². The molecule has 0 radical (unpaired) electrons. The maximum atomic E-state index is 12.2. The second kappa shape index (κ2) is 9.59. The molecule has 4 nitrogen and oxygen atoms in total. The molecule has 1 amide bonds. The van der Waals surface area contributed by atoms with Gasteiger partial charge in [-0.05, 0) is 83.5 Å². The number of nitrogens with zero attached hydrogens (tertiary/aromatic N) is 2. The van der Waals surface area contributed by atoms with Gasteiger partial charge in [-0.25, -0.2) is 0 Å². The van der Waals surface area contributed by atoms with Crippen LogP contribution in [0.25, 0.3) is 0 Å². The van der Waals surface area contributed by atoms with Crippen LogP contribution in [-0.2, 0) is 11.3 Å². The summed E-state index contributed by atoms with van der Waals surface area (Å²) in [7, 11) is 0. The van der Waals surface area contributed by atoms with E-state index in [0.717, 1.165) is 38.4 Å². The van der Waals surface area contributed by atoms with E-state index in [1.54, 1.807) is 0 Å². The van der Waals surface area contributed by atoms with Gasteiger partial charge in [-0.2, -0.15) is 0 Å². The van der Waals surface area contributed by atoms with Crippen LogP contribution < -0.4 is 5.32 Å². The normalized spacial score (nSPS) is 23.6. The van der Waals surface area contributed by atoms with Gasteiger partial charge in [0.1, 0.15) is 0 Å². The zero-order valence-corrected chi connectivity index (χ0v) is 16.8. The van der Waals surface area contributed by atoms with Crippen LogP contribution in [0, 0.1) is 19.8 Å². The van der Waals surface area contributed by atoms with Gasteiger partial charge < -0.3 is 14.8 Å². The van der Waals surface area contributed by atoms with Crippen LogP contribution in [0.2, 0.25) is 0 Å². The molecular weight excluding hydrogens is 322 g/mol. The minimum atomic E-state index is 0.256. The molecule has 26 heavy (non-hydrogen) atoms. The van der Waals surface area contributed by atoms with Crippen molar-refractivity contribution >= 4 is 5.91 Å². The summed E-state index contributed by atoms with van der Waals surface area (Å²) in [4.78, 5) is 14.9. The summed E-state index contributed by atoms with van der Waals surface area (Å²) in [6, 6.07) is 5.09. The van der Waals surface area contributed by atoms with Gasteiger partial charge in [0.05, 0.1) is 0 Å². The quantitative estimate of drug-likeness (QED) is 0.711. The van der Waals surface area contributed by atoms with Gasteiger partial charge in [-0.15, -0.1) is 0 Å². The molecule has 0 unspecified atom stereocenters. The van der Waals surface area contributed by atoms with Crippen molar-refractivity contribution in [1.82, 2.24) is 14.8 Å². The molecule has 0 aliphatic carbocycles. The maximum absolute atomic E-state index is 12.2. The zero-order chi connectivity index (χ0) is 18.4. The van der Waals surface area contributed by atoms with E-state index >= 15 is 0 Å². The number of piperidine rings is 2. The lowest BCUT2D eigenvalue weighted by molar-refractivity contribution is -0.121. The molecule has 1 aromatic heterocycles.